The van der Waals surface area contributed by atoms with Crippen LogP contribution in [0, 0.1) is 10.1 Å². The van der Waals surface area contributed by atoms with Crippen LogP contribution in [-0.2, 0) is 9.47 Å². The van der Waals surface area contributed by atoms with Gasteiger partial charge in [0, 0.05) is 20.2 Å². The van der Waals surface area contributed by atoms with Gasteiger partial charge in [0.05, 0.1) is 24.2 Å². The van der Waals surface area contributed by atoms with Crippen LogP contribution in [0.25, 0.3) is 0 Å². The van der Waals surface area contributed by atoms with E-state index < -0.39 is 4.92 Å². The minimum absolute atomic E-state index is 0.0375. The van der Waals surface area contributed by atoms with E-state index in [2.05, 4.69) is 0 Å². The molecule has 0 bridgehead atoms. The van der Waals surface area contributed by atoms with Gasteiger partial charge in [-0.2, -0.15) is 0 Å². The fraction of sp³-hybridized carbons (Fsp3) is 0.500. The van der Waals surface area contributed by atoms with Crippen LogP contribution in [0.4, 0.5) is 11.4 Å². The van der Waals surface area contributed by atoms with Gasteiger partial charge in [0.25, 0.3) is 5.69 Å². The minimum atomic E-state index is -0.398. The van der Waals surface area contributed by atoms with Crippen LogP contribution in [0.5, 0.6) is 5.75 Å². The molecule has 2 rings (SSSR count). The summed E-state index contributed by atoms with van der Waals surface area (Å²) < 4.78 is 15.2. The highest BCUT2D eigenvalue weighted by Gasteiger charge is 2.22. The van der Waals surface area contributed by atoms with Crippen molar-refractivity contribution >= 4 is 11.4 Å². The van der Waals surface area contributed by atoms with Crippen LogP contribution in [-0.4, -0.2) is 45.1 Å². The van der Waals surface area contributed by atoms with Crippen molar-refractivity contribution in [2.45, 2.75) is 0 Å². The van der Waals surface area contributed by atoms with Gasteiger partial charge in [0.2, 0.25) is 0 Å². The molecule has 1 aliphatic heterocycles. The second kappa shape index (κ2) is 6.35. The predicted molar refractivity (Wildman–Crippen MR) is 68.6 cm³/mol. The molecule has 1 aromatic rings. The molecule has 104 valence electrons. The third-order valence-electron chi connectivity index (χ3n) is 2.84. The average molecular weight is 268 g/mol. The van der Waals surface area contributed by atoms with Crippen molar-refractivity contribution in [1.82, 2.24) is 0 Å². The van der Waals surface area contributed by atoms with Gasteiger partial charge in [-0.3, -0.25) is 10.1 Å². The monoisotopic (exact) mass is 268 g/mol. The molecule has 0 spiro atoms. The van der Waals surface area contributed by atoms with Crippen molar-refractivity contribution < 1.29 is 19.1 Å². The molecule has 1 aliphatic rings. The lowest BCUT2D eigenvalue weighted by Crippen LogP contribution is -2.36. The number of morpholine rings is 1. The molecule has 1 heterocycles. The van der Waals surface area contributed by atoms with Crippen molar-refractivity contribution in [1.29, 1.82) is 0 Å². The maximum atomic E-state index is 11.2. The topological polar surface area (TPSA) is 74.1 Å². The van der Waals surface area contributed by atoms with Crippen LogP contribution in [0.3, 0.4) is 0 Å². The summed E-state index contributed by atoms with van der Waals surface area (Å²) in [6, 6.07) is 4.83. The van der Waals surface area contributed by atoms with E-state index in [9.17, 15) is 10.1 Å². The normalized spacial score (nSPS) is 15.3. The van der Waals surface area contributed by atoms with Gasteiger partial charge >= 0.3 is 0 Å². The lowest BCUT2D eigenvalue weighted by atomic mass is 10.2. The van der Waals surface area contributed by atoms with E-state index in [4.69, 9.17) is 14.2 Å². The van der Waals surface area contributed by atoms with E-state index in [0.29, 0.717) is 37.7 Å². The molecule has 0 saturated carbocycles. The molecule has 7 heteroatoms. The molecule has 7 nitrogen and oxygen atoms in total. The molecule has 0 atom stereocenters. The molecule has 19 heavy (non-hydrogen) atoms. The van der Waals surface area contributed by atoms with Crippen molar-refractivity contribution in [3.05, 3.63) is 28.3 Å². The van der Waals surface area contributed by atoms with E-state index in [1.165, 1.54) is 13.2 Å². The molecular formula is C12H16N2O5. The Bertz CT molecular complexity index is 446. The molecule has 1 aromatic carbocycles. The molecule has 0 aromatic heterocycles. The Morgan fingerprint density at radius 1 is 1.42 bits per heavy atom. The Labute approximate surface area is 110 Å². The van der Waals surface area contributed by atoms with Gasteiger partial charge in [0.15, 0.2) is 6.79 Å². The SMILES string of the molecule is COCOc1ccc(N2CCOCC2)c([N+](=O)[O-])c1. The fourth-order valence-electron chi connectivity index (χ4n) is 1.94. The number of methoxy groups -OCH3 is 1. The Morgan fingerprint density at radius 2 is 2.16 bits per heavy atom. The van der Waals surface area contributed by atoms with Crippen molar-refractivity contribution in [3.8, 4) is 5.75 Å². The van der Waals surface area contributed by atoms with Crippen LogP contribution in [0.15, 0.2) is 18.2 Å². The van der Waals surface area contributed by atoms with Gasteiger partial charge in [-0.15, -0.1) is 0 Å². The zero-order chi connectivity index (χ0) is 13.7. The second-order valence-corrected chi connectivity index (χ2v) is 4.06. The van der Waals surface area contributed by atoms with Gasteiger partial charge in [-0.25, -0.2) is 0 Å². The summed E-state index contributed by atoms with van der Waals surface area (Å²) in [6.45, 7) is 2.53. The standard InChI is InChI=1S/C12H16N2O5/c1-17-9-19-10-2-3-11(12(8-10)14(15)16)13-4-6-18-7-5-13/h2-3,8H,4-7,9H2,1H3. The Hall–Kier alpha value is -1.86. The Kier molecular flexibility index (Phi) is 4.53. The molecule has 0 unspecified atom stereocenters. The number of benzene rings is 1. The molecule has 0 aliphatic carbocycles. The van der Waals surface area contributed by atoms with Gasteiger partial charge in [0.1, 0.15) is 11.4 Å². The van der Waals surface area contributed by atoms with Crippen molar-refractivity contribution in [2.24, 2.45) is 0 Å². The van der Waals surface area contributed by atoms with E-state index in [-0.39, 0.29) is 12.5 Å². The second-order valence-electron chi connectivity index (χ2n) is 4.06. The first-order valence-electron chi connectivity index (χ1n) is 5.95. The highest BCUT2D eigenvalue weighted by Crippen LogP contribution is 2.32. The molecule has 0 N–H and O–H groups in total. The van der Waals surface area contributed by atoms with Crippen LogP contribution < -0.4 is 9.64 Å². The van der Waals surface area contributed by atoms with Crippen molar-refractivity contribution in [2.75, 3.05) is 45.1 Å². The van der Waals surface area contributed by atoms with Crippen LogP contribution in [0.2, 0.25) is 0 Å². The van der Waals surface area contributed by atoms with E-state index in [0.717, 1.165) is 0 Å². The minimum Gasteiger partial charge on any atom is -0.467 e. The molecule has 1 saturated heterocycles. The van der Waals surface area contributed by atoms with Crippen molar-refractivity contribution in [3.63, 3.8) is 0 Å². The Balaban J connectivity index is 2.24. The van der Waals surface area contributed by atoms with E-state index in [1.807, 2.05) is 4.90 Å². The average Bonchev–Trinajstić information content (AvgIpc) is 2.45. The maximum Gasteiger partial charge on any atom is 0.296 e. The molecule has 1 fully saturated rings. The highest BCUT2D eigenvalue weighted by molar-refractivity contribution is 5.65. The summed E-state index contributed by atoms with van der Waals surface area (Å²) >= 11 is 0. The number of anilines is 1. The molecule has 0 amide bonds. The lowest BCUT2D eigenvalue weighted by Gasteiger charge is -2.28. The quantitative estimate of drug-likeness (QED) is 0.456. The first-order chi connectivity index (χ1) is 9.22. The third-order valence-corrected chi connectivity index (χ3v) is 2.84. The number of hydrogen-bond acceptors (Lipinski definition) is 6. The van der Waals surface area contributed by atoms with Gasteiger partial charge in [-0.1, -0.05) is 0 Å². The number of ether oxygens (including phenoxy) is 3. The first-order valence-corrected chi connectivity index (χ1v) is 5.95. The van der Waals surface area contributed by atoms with Gasteiger partial charge < -0.3 is 19.1 Å². The summed E-state index contributed by atoms with van der Waals surface area (Å²) in [4.78, 5) is 12.7. The zero-order valence-electron chi connectivity index (χ0n) is 10.7. The fourth-order valence-corrected chi connectivity index (χ4v) is 1.94. The number of hydrogen-bond donors (Lipinski definition) is 0. The highest BCUT2D eigenvalue weighted by atomic mass is 16.7. The summed E-state index contributed by atoms with van der Waals surface area (Å²) in [5.41, 5.74) is 0.633. The zero-order valence-corrected chi connectivity index (χ0v) is 10.7. The predicted octanol–water partition coefficient (Wildman–Crippen LogP) is 1.41. The smallest absolute Gasteiger partial charge is 0.296 e. The van der Waals surface area contributed by atoms with Gasteiger partial charge in [-0.05, 0) is 12.1 Å². The summed E-state index contributed by atoms with van der Waals surface area (Å²) in [7, 11) is 1.50. The first kappa shape index (κ1) is 13.6. The third kappa shape index (κ3) is 3.33. The van der Waals surface area contributed by atoms with E-state index in [1.54, 1.807) is 12.1 Å². The summed E-state index contributed by atoms with van der Waals surface area (Å²) in [5.74, 6) is 0.422. The molecular weight excluding hydrogens is 252 g/mol. The number of rotatable bonds is 5. The van der Waals surface area contributed by atoms with E-state index >= 15 is 0 Å². The lowest BCUT2D eigenvalue weighted by molar-refractivity contribution is -0.384. The van der Waals surface area contributed by atoms with Crippen LogP contribution >= 0.6 is 0 Å². The number of nitro groups is 1. The number of nitro benzene ring substituents is 1. The van der Waals surface area contributed by atoms with Crippen LogP contribution in [0.1, 0.15) is 0 Å². The maximum absolute atomic E-state index is 11.2. The summed E-state index contributed by atoms with van der Waals surface area (Å²) in [6.07, 6.45) is 0. The summed E-state index contributed by atoms with van der Waals surface area (Å²) in [5, 5.41) is 11.2. The molecule has 0 radical (unpaired) electrons. The Morgan fingerprint density at radius 3 is 2.79 bits per heavy atom. The largest absolute Gasteiger partial charge is 0.467 e. The number of nitrogens with zero attached hydrogens (tertiary/aromatic N) is 2.